The Morgan fingerprint density at radius 1 is 1.19 bits per heavy atom. The molecule has 0 N–H and O–H groups in total. The van der Waals surface area contributed by atoms with Gasteiger partial charge < -0.3 is 9.47 Å². The molecule has 6 heteroatoms. The van der Waals surface area contributed by atoms with E-state index in [-0.39, 0.29) is 12.5 Å². The zero-order valence-electron chi connectivity index (χ0n) is 16.1. The van der Waals surface area contributed by atoms with Gasteiger partial charge in [-0.1, -0.05) is 43.1 Å². The molecule has 0 aliphatic heterocycles. The van der Waals surface area contributed by atoms with Crippen molar-refractivity contribution in [2.24, 2.45) is 0 Å². The maximum absolute atomic E-state index is 8.85. The highest BCUT2D eigenvalue weighted by atomic mass is 35.5. The molecule has 0 aliphatic rings. The van der Waals surface area contributed by atoms with Crippen LogP contribution in [0.3, 0.4) is 0 Å². The number of aryl methyl sites for hydroxylation is 1. The van der Waals surface area contributed by atoms with Crippen LogP contribution in [-0.4, -0.2) is 26.5 Å². The number of halogens is 1. The second-order valence-electron chi connectivity index (χ2n) is 7.37. The summed E-state index contributed by atoms with van der Waals surface area (Å²) in [4.78, 5) is 3.98. The standard InChI is InChI=1S/C21H23ClN2O2Si/c1-16-11-19(26-15-25-9-10-27(2,3)4)8-7-18(16)6-5-17-12-20(22)21(13-23)24-14-17/h7-8,11-12,14H,9-10,15H2,1-4H3. The van der Waals surface area contributed by atoms with Crippen LogP contribution in [0.5, 0.6) is 5.75 Å². The summed E-state index contributed by atoms with van der Waals surface area (Å²) < 4.78 is 11.2. The Hall–Kier alpha value is -2.31. The summed E-state index contributed by atoms with van der Waals surface area (Å²) in [7, 11) is -1.07. The van der Waals surface area contributed by atoms with E-state index in [0.717, 1.165) is 29.5 Å². The van der Waals surface area contributed by atoms with Crippen molar-refractivity contribution in [2.45, 2.75) is 32.6 Å². The van der Waals surface area contributed by atoms with Gasteiger partial charge in [-0.3, -0.25) is 0 Å². The van der Waals surface area contributed by atoms with E-state index in [1.54, 1.807) is 12.3 Å². The van der Waals surface area contributed by atoms with Crippen molar-refractivity contribution in [3.63, 3.8) is 0 Å². The molecule has 0 bridgehead atoms. The van der Waals surface area contributed by atoms with E-state index in [1.165, 1.54) is 0 Å². The predicted molar refractivity (Wildman–Crippen MR) is 111 cm³/mol. The first-order valence-electron chi connectivity index (χ1n) is 8.67. The predicted octanol–water partition coefficient (Wildman–Crippen LogP) is 5.01. The lowest BCUT2D eigenvalue weighted by molar-refractivity contribution is 0.0220. The molecule has 0 spiro atoms. The van der Waals surface area contributed by atoms with Gasteiger partial charge in [0, 0.05) is 32.0 Å². The summed E-state index contributed by atoms with van der Waals surface area (Å²) >= 11 is 5.98. The Bertz CT molecular complexity index is 905. The number of ether oxygens (including phenoxy) is 2. The van der Waals surface area contributed by atoms with Gasteiger partial charge in [0.05, 0.1) is 5.02 Å². The minimum Gasteiger partial charge on any atom is -0.468 e. The van der Waals surface area contributed by atoms with Crippen molar-refractivity contribution >= 4 is 19.7 Å². The summed E-state index contributed by atoms with van der Waals surface area (Å²) in [5.74, 6) is 6.88. The summed E-state index contributed by atoms with van der Waals surface area (Å²) in [5.41, 5.74) is 2.76. The topological polar surface area (TPSA) is 55.1 Å². The molecule has 0 atom stereocenters. The highest BCUT2D eigenvalue weighted by Crippen LogP contribution is 2.18. The van der Waals surface area contributed by atoms with Crippen molar-refractivity contribution in [1.82, 2.24) is 4.98 Å². The summed E-state index contributed by atoms with van der Waals surface area (Å²) in [6.45, 7) is 9.93. The number of hydrogen-bond donors (Lipinski definition) is 0. The number of pyridine rings is 1. The zero-order chi connectivity index (χ0) is 19.9. The van der Waals surface area contributed by atoms with Gasteiger partial charge in [0.1, 0.15) is 11.8 Å². The van der Waals surface area contributed by atoms with E-state index < -0.39 is 8.07 Å². The normalized spacial score (nSPS) is 10.7. The monoisotopic (exact) mass is 398 g/mol. The quantitative estimate of drug-likeness (QED) is 0.297. The molecular formula is C21H23ClN2O2Si. The molecule has 27 heavy (non-hydrogen) atoms. The molecule has 2 rings (SSSR count). The highest BCUT2D eigenvalue weighted by molar-refractivity contribution is 6.76. The van der Waals surface area contributed by atoms with E-state index in [2.05, 4.69) is 36.5 Å². The molecule has 0 radical (unpaired) electrons. The number of benzene rings is 1. The molecule has 2 aromatic rings. The van der Waals surface area contributed by atoms with Crippen molar-refractivity contribution in [3.8, 4) is 23.7 Å². The smallest absolute Gasteiger partial charge is 0.189 e. The Morgan fingerprint density at radius 3 is 2.59 bits per heavy atom. The van der Waals surface area contributed by atoms with Crippen LogP contribution in [0, 0.1) is 30.1 Å². The van der Waals surface area contributed by atoms with Crippen molar-refractivity contribution in [2.75, 3.05) is 13.4 Å². The summed E-state index contributed by atoms with van der Waals surface area (Å²) in [6.07, 6.45) is 1.54. The number of hydrogen-bond acceptors (Lipinski definition) is 4. The van der Waals surface area contributed by atoms with Gasteiger partial charge in [0.2, 0.25) is 0 Å². The number of nitriles is 1. The van der Waals surface area contributed by atoms with Crippen LogP contribution in [0.15, 0.2) is 30.5 Å². The fourth-order valence-corrected chi connectivity index (χ4v) is 3.11. The van der Waals surface area contributed by atoms with E-state index in [0.29, 0.717) is 10.6 Å². The molecule has 1 aromatic carbocycles. The van der Waals surface area contributed by atoms with Crippen LogP contribution in [0.25, 0.3) is 0 Å². The summed E-state index contributed by atoms with van der Waals surface area (Å²) in [6, 6.07) is 10.4. The fraction of sp³-hybridized carbons (Fsp3) is 0.333. The Kier molecular flexibility index (Phi) is 7.44. The lowest BCUT2D eigenvalue weighted by atomic mass is 10.1. The molecule has 0 aliphatic carbocycles. The minimum atomic E-state index is -1.07. The number of nitrogens with zero attached hydrogens (tertiary/aromatic N) is 2. The van der Waals surface area contributed by atoms with E-state index in [1.807, 2.05) is 31.2 Å². The summed E-state index contributed by atoms with van der Waals surface area (Å²) in [5, 5.41) is 9.16. The molecule has 4 nitrogen and oxygen atoms in total. The van der Waals surface area contributed by atoms with Gasteiger partial charge in [0.15, 0.2) is 12.5 Å². The molecule has 140 valence electrons. The van der Waals surface area contributed by atoms with Crippen LogP contribution in [-0.2, 0) is 4.74 Å². The van der Waals surface area contributed by atoms with E-state index >= 15 is 0 Å². The first-order chi connectivity index (χ1) is 12.8. The molecule has 0 saturated carbocycles. The second-order valence-corrected chi connectivity index (χ2v) is 13.4. The maximum atomic E-state index is 8.85. The van der Waals surface area contributed by atoms with Crippen molar-refractivity contribution < 1.29 is 9.47 Å². The average Bonchev–Trinajstić information content (AvgIpc) is 2.60. The third kappa shape index (κ3) is 7.07. The molecule has 0 unspecified atom stereocenters. The largest absolute Gasteiger partial charge is 0.468 e. The second kappa shape index (κ2) is 9.57. The van der Waals surface area contributed by atoms with E-state index in [4.69, 9.17) is 26.3 Å². The van der Waals surface area contributed by atoms with Gasteiger partial charge >= 0.3 is 0 Å². The average molecular weight is 399 g/mol. The Balaban J connectivity index is 1.95. The highest BCUT2D eigenvalue weighted by Gasteiger charge is 2.12. The lowest BCUT2D eigenvalue weighted by Gasteiger charge is -2.15. The third-order valence-electron chi connectivity index (χ3n) is 3.79. The van der Waals surface area contributed by atoms with Gasteiger partial charge in [-0.25, -0.2) is 4.98 Å². The first kappa shape index (κ1) is 21.0. The van der Waals surface area contributed by atoms with Crippen molar-refractivity contribution in [3.05, 3.63) is 57.9 Å². The zero-order valence-corrected chi connectivity index (χ0v) is 17.9. The van der Waals surface area contributed by atoms with Gasteiger partial charge in [-0.15, -0.1) is 0 Å². The molecular weight excluding hydrogens is 376 g/mol. The molecule has 0 fully saturated rings. The number of aromatic nitrogens is 1. The Morgan fingerprint density at radius 2 is 1.96 bits per heavy atom. The molecule has 0 saturated heterocycles. The van der Waals surface area contributed by atoms with Gasteiger partial charge in [-0.05, 0) is 42.8 Å². The lowest BCUT2D eigenvalue weighted by Crippen LogP contribution is -2.22. The van der Waals surface area contributed by atoms with E-state index in [9.17, 15) is 0 Å². The van der Waals surface area contributed by atoms with Gasteiger partial charge in [0.25, 0.3) is 0 Å². The van der Waals surface area contributed by atoms with Crippen LogP contribution in [0.2, 0.25) is 30.7 Å². The van der Waals surface area contributed by atoms with Gasteiger partial charge in [-0.2, -0.15) is 5.26 Å². The SMILES string of the molecule is Cc1cc(OCOCC[Si](C)(C)C)ccc1C#Cc1cnc(C#N)c(Cl)c1. The Labute approximate surface area is 167 Å². The number of rotatable bonds is 6. The fourth-order valence-electron chi connectivity index (χ4n) is 2.14. The molecule has 0 amide bonds. The van der Waals surface area contributed by atoms with Crippen LogP contribution < -0.4 is 4.74 Å². The van der Waals surface area contributed by atoms with Crippen molar-refractivity contribution in [1.29, 1.82) is 5.26 Å². The molecule has 1 heterocycles. The van der Waals surface area contributed by atoms with Crippen LogP contribution in [0.4, 0.5) is 0 Å². The minimum absolute atomic E-state index is 0.201. The molecule has 1 aromatic heterocycles. The third-order valence-corrected chi connectivity index (χ3v) is 5.78. The first-order valence-corrected chi connectivity index (χ1v) is 12.8. The van der Waals surface area contributed by atoms with Crippen LogP contribution >= 0.6 is 11.6 Å². The van der Waals surface area contributed by atoms with Crippen LogP contribution in [0.1, 0.15) is 22.4 Å². The maximum Gasteiger partial charge on any atom is 0.189 e.